The monoisotopic (exact) mass is 219 g/mol. The van der Waals surface area contributed by atoms with Gasteiger partial charge in [0.15, 0.2) is 0 Å². The quantitative estimate of drug-likeness (QED) is 0.736. The summed E-state index contributed by atoms with van der Waals surface area (Å²) in [6.07, 6.45) is -4.73. The fraction of sp³-hybridized carbons (Fsp3) is 0.125. The first kappa shape index (κ1) is 10.7. The Labute approximate surface area is 83.3 Å². The third-order valence-corrected chi connectivity index (χ3v) is 1.69. The molecule has 2 nitrogen and oxygen atoms in total. The van der Waals surface area contributed by atoms with Crippen molar-refractivity contribution in [3.8, 4) is 11.8 Å². The Balaban J connectivity index is 2.94. The molecule has 1 aromatic rings. The lowest BCUT2D eigenvalue weighted by Gasteiger charge is -2.09. The molecule has 0 aliphatic rings. The number of thiol groups is 1. The summed E-state index contributed by atoms with van der Waals surface area (Å²) in [4.78, 5) is 0.147. The van der Waals surface area contributed by atoms with E-state index in [9.17, 15) is 13.2 Å². The van der Waals surface area contributed by atoms with Crippen LogP contribution in [0.15, 0.2) is 23.1 Å². The summed E-state index contributed by atoms with van der Waals surface area (Å²) in [5.41, 5.74) is 0.197. The maximum absolute atomic E-state index is 11.7. The number of benzene rings is 1. The van der Waals surface area contributed by atoms with Crippen LogP contribution in [-0.2, 0) is 0 Å². The van der Waals surface area contributed by atoms with Crippen molar-refractivity contribution >= 4 is 12.6 Å². The van der Waals surface area contributed by atoms with Gasteiger partial charge < -0.3 is 4.74 Å². The molecule has 0 saturated heterocycles. The SMILES string of the molecule is N#Cc1ccc(OC(F)(F)F)cc1S. The first-order valence-corrected chi connectivity index (χ1v) is 3.86. The Morgan fingerprint density at radius 2 is 2.00 bits per heavy atom. The summed E-state index contributed by atoms with van der Waals surface area (Å²) in [6.45, 7) is 0. The highest BCUT2D eigenvalue weighted by Crippen LogP contribution is 2.26. The van der Waals surface area contributed by atoms with Gasteiger partial charge in [-0.25, -0.2) is 0 Å². The lowest BCUT2D eigenvalue weighted by atomic mass is 10.2. The van der Waals surface area contributed by atoms with E-state index in [0.29, 0.717) is 0 Å². The minimum atomic E-state index is -4.73. The summed E-state index contributed by atoms with van der Waals surface area (Å²) in [6, 6.07) is 5.08. The molecule has 0 heterocycles. The second kappa shape index (κ2) is 3.80. The average Bonchev–Trinajstić information content (AvgIpc) is 2.01. The van der Waals surface area contributed by atoms with Gasteiger partial charge in [-0.1, -0.05) is 0 Å². The van der Waals surface area contributed by atoms with Crippen LogP contribution in [0.1, 0.15) is 5.56 Å². The predicted molar refractivity (Wildman–Crippen MR) is 45.1 cm³/mol. The van der Waals surface area contributed by atoms with E-state index in [4.69, 9.17) is 5.26 Å². The van der Waals surface area contributed by atoms with Crippen LogP contribution in [0.2, 0.25) is 0 Å². The highest BCUT2D eigenvalue weighted by Gasteiger charge is 2.31. The molecule has 1 rings (SSSR count). The summed E-state index contributed by atoms with van der Waals surface area (Å²) < 4.78 is 38.9. The van der Waals surface area contributed by atoms with Crippen LogP contribution in [0.3, 0.4) is 0 Å². The maximum atomic E-state index is 11.7. The fourth-order valence-electron chi connectivity index (χ4n) is 0.803. The molecule has 0 atom stereocenters. The molecular formula is C8H4F3NOS. The Kier molecular flexibility index (Phi) is 2.91. The zero-order valence-corrected chi connectivity index (χ0v) is 7.56. The standard InChI is InChI=1S/C8H4F3NOS/c9-8(10,11)13-6-2-1-5(4-12)7(14)3-6/h1-3,14H. The number of hydrogen-bond donors (Lipinski definition) is 1. The van der Waals surface area contributed by atoms with E-state index >= 15 is 0 Å². The van der Waals surface area contributed by atoms with E-state index < -0.39 is 6.36 Å². The number of nitriles is 1. The van der Waals surface area contributed by atoms with Gasteiger partial charge in [-0.3, -0.25) is 0 Å². The lowest BCUT2D eigenvalue weighted by molar-refractivity contribution is -0.274. The molecule has 1 aromatic carbocycles. The Morgan fingerprint density at radius 1 is 1.36 bits per heavy atom. The van der Waals surface area contributed by atoms with Crippen LogP contribution in [-0.4, -0.2) is 6.36 Å². The highest BCUT2D eigenvalue weighted by atomic mass is 32.1. The molecule has 0 N–H and O–H groups in total. The Bertz CT molecular complexity index is 383. The molecule has 0 unspecified atom stereocenters. The van der Waals surface area contributed by atoms with E-state index in [-0.39, 0.29) is 16.2 Å². The number of nitrogens with zero attached hydrogens (tertiary/aromatic N) is 1. The van der Waals surface area contributed by atoms with Crippen molar-refractivity contribution in [1.82, 2.24) is 0 Å². The minimum absolute atomic E-state index is 0.147. The van der Waals surface area contributed by atoms with E-state index in [2.05, 4.69) is 17.4 Å². The molecule has 0 aliphatic carbocycles. The summed E-state index contributed by atoms with van der Waals surface area (Å²) >= 11 is 3.83. The largest absolute Gasteiger partial charge is 0.573 e. The molecule has 74 valence electrons. The van der Waals surface area contributed by atoms with Crippen molar-refractivity contribution in [1.29, 1.82) is 5.26 Å². The van der Waals surface area contributed by atoms with Gasteiger partial charge in [0.2, 0.25) is 0 Å². The van der Waals surface area contributed by atoms with Crippen molar-refractivity contribution in [2.75, 3.05) is 0 Å². The molecule has 0 amide bonds. The third kappa shape index (κ3) is 2.85. The maximum Gasteiger partial charge on any atom is 0.573 e. The molecular weight excluding hydrogens is 215 g/mol. The van der Waals surface area contributed by atoms with Crippen molar-refractivity contribution < 1.29 is 17.9 Å². The van der Waals surface area contributed by atoms with E-state index in [1.807, 2.05) is 0 Å². The molecule has 0 fully saturated rings. The third-order valence-electron chi connectivity index (χ3n) is 1.32. The fourth-order valence-corrected chi connectivity index (χ4v) is 1.05. The summed E-state index contributed by atoms with van der Waals surface area (Å²) in [5.74, 6) is -0.387. The number of halogens is 3. The lowest BCUT2D eigenvalue weighted by Crippen LogP contribution is -2.17. The second-order valence-corrected chi connectivity index (χ2v) is 2.82. The van der Waals surface area contributed by atoms with Crippen molar-refractivity contribution in [3.63, 3.8) is 0 Å². The number of hydrogen-bond acceptors (Lipinski definition) is 3. The number of alkyl halides is 3. The summed E-state index contributed by atoms with van der Waals surface area (Å²) in [7, 11) is 0. The van der Waals surface area contributed by atoms with E-state index in [1.165, 1.54) is 6.07 Å². The van der Waals surface area contributed by atoms with Crippen molar-refractivity contribution in [2.45, 2.75) is 11.3 Å². The molecule has 0 bridgehead atoms. The van der Waals surface area contributed by atoms with Crippen LogP contribution in [0.5, 0.6) is 5.75 Å². The molecule has 0 radical (unpaired) electrons. The van der Waals surface area contributed by atoms with Gasteiger partial charge >= 0.3 is 6.36 Å². The minimum Gasteiger partial charge on any atom is -0.406 e. The van der Waals surface area contributed by atoms with Gasteiger partial charge in [-0.05, 0) is 18.2 Å². The zero-order chi connectivity index (χ0) is 10.8. The topological polar surface area (TPSA) is 33.0 Å². The zero-order valence-electron chi connectivity index (χ0n) is 6.67. The van der Waals surface area contributed by atoms with Crippen molar-refractivity contribution in [2.24, 2.45) is 0 Å². The molecule has 0 aliphatic heterocycles. The Hall–Kier alpha value is -1.35. The number of ether oxygens (including phenoxy) is 1. The smallest absolute Gasteiger partial charge is 0.406 e. The first-order chi connectivity index (χ1) is 6.42. The second-order valence-electron chi connectivity index (χ2n) is 2.34. The van der Waals surface area contributed by atoms with Crippen LogP contribution in [0, 0.1) is 11.3 Å². The van der Waals surface area contributed by atoms with Gasteiger partial charge in [0.05, 0.1) is 5.56 Å². The van der Waals surface area contributed by atoms with Crippen LogP contribution < -0.4 is 4.74 Å². The van der Waals surface area contributed by atoms with Gasteiger partial charge in [-0.15, -0.1) is 25.8 Å². The molecule has 0 saturated carbocycles. The van der Waals surface area contributed by atoms with Gasteiger partial charge in [0.25, 0.3) is 0 Å². The molecule has 0 spiro atoms. The Morgan fingerprint density at radius 3 is 2.43 bits per heavy atom. The summed E-state index contributed by atoms with van der Waals surface area (Å²) in [5, 5.41) is 8.48. The molecule has 6 heteroatoms. The van der Waals surface area contributed by atoms with Crippen LogP contribution in [0.4, 0.5) is 13.2 Å². The van der Waals surface area contributed by atoms with Crippen LogP contribution >= 0.6 is 12.6 Å². The van der Waals surface area contributed by atoms with E-state index in [1.54, 1.807) is 6.07 Å². The average molecular weight is 219 g/mol. The normalized spacial score (nSPS) is 10.8. The van der Waals surface area contributed by atoms with Gasteiger partial charge in [0, 0.05) is 4.90 Å². The van der Waals surface area contributed by atoms with E-state index in [0.717, 1.165) is 12.1 Å². The van der Waals surface area contributed by atoms with Crippen molar-refractivity contribution in [3.05, 3.63) is 23.8 Å². The number of rotatable bonds is 1. The molecule has 0 aromatic heterocycles. The van der Waals surface area contributed by atoms with Gasteiger partial charge in [0.1, 0.15) is 11.8 Å². The molecule has 14 heavy (non-hydrogen) atoms. The highest BCUT2D eigenvalue weighted by molar-refractivity contribution is 7.80. The van der Waals surface area contributed by atoms with Gasteiger partial charge in [-0.2, -0.15) is 5.26 Å². The van der Waals surface area contributed by atoms with Crippen LogP contribution in [0.25, 0.3) is 0 Å². The first-order valence-electron chi connectivity index (χ1n) is 3.41. The predicted octanol–water partition coefficient (Wildman–Crippen LogP) is 2.75.